The van der Waals surface area contributed by atoms with E-state index in [-0.39, 0.29) is 12.0 Å². The topological polar surface area (TPSA) is 140 Å². The minimum Gasteiger partial charge on any atom is -0.351 e. The first-order chi connectivity index (χ1) is 19.7. The molecule has 0 saturated carbocycles. The van der Waals surface area contributed by atoms with Gasteiger partial charge >= 0.3 is 0 Å². The standard InChI is InChI=1S/C29H31N9O2S/c1-20(2)27-18-37(28-14-13-24(34-35-28)21-9-11-22(12-10-21)36-41(3,39)40)16-17-38(27)29(32-19-30)33-26-8-4-7-25-23(26)6-5-15-31-25/h4-15,20,27,36H,16-18H2,1-3H3,(H,32,33). The highest BCUT2D eigenvalue weighted by molar-refractivity contribution is 7.92. The van der Waals surface area contributed by atoms with Gasteiger partial charge in [0.25, 0.3) is 0 Å². The van der Waals surface area contributed by atoms with Crippen LogP contribution in [0.15, 0.2) is 77.9 Å². The van der Waals surface area contributed by atoms with E-state index in [0.29, 0.717) is 37.0 Å². The molecule has 1 atom stereocenters. The fraction of sp³-hybridized carbons (Fsp3) is 0.276. The summed E-state index contributed by atoms with van der Waals surface area (Å²) in [5.41, 5.74) is 3.61. The van der Waals surface area contributed by atoms with Crippen LogP contribution in [0, 0.1) is 17.4 Å². The van der Waals surface area contributed by atoms with Crippen LogP contribution in [0.3, 0.4) is 0 Å². The predicted molar refractivity (Wildman–Crippen MR) is 161 cm³/mol. The highest BCUT2D eigenvalue weighted by atomic mass is 32.2. The van der Waals surface area contributed by atoms with Crippen molar-refractivity contribution < 1.29 is 8.42 Å². The Morgan fingerprint density at radius 2 is 1.85 bits per heavy atom. The minimum atomic E-state index is -3.34. The maximum atomic E-state index is 11.5. The summed E-state index contributed by atoms with van der Waals surface area (Å²) >= 11 is 0. The van der Waals surface area contributed by atoms with Crippen LogP contribution in [0.4, 0.5) is 17.2 Å². The quantitative estimate of drug-likeness (QED) is 0.153. The molecule has 1 saturated heterocycles. The Kier molecular flexibility index (Phi) is 7.98. The van der Waals surface area contributed by atoms with Gasteiger partial charge in [0, 0.05) is 42.5 Å². The van der Waals surface area contributed by atoms with E-state index in [2.05, 4.69) is 55.1 Å². The zero-order valence-corrected chi connectivity index (χ0v) is 23.9. The molecule has 2 aromatic heterocycles. The molecule has 0 spiro atoms. The van der Waals surface area contributed by atoms with Gasteiger partial charge in [0.15, 0.2) is 12.0 Å². The summed E-state index contributed by atoms with van der Waals surface area (Å²) in [7, 11) is -3.34. The number of benzene rings is 2. The maximum absolute atomic E-state index is 11.5. The average molecular weight is 570 g/mol. The number of sulfonamides is 1. The third kappa shape index (κ3) is 6.53. The Morgan fingerprint density at radius 3 is 2.54 bits per heavy atom. The SMILES string of the molecule is CC(C)C1CN(c2ccc(-c3ccc(NS(C)(=O)=O)cc3)nn2)CCN1C(=Nc1cccc2ncccc12)NC#N. The van der Waals surface area contributed by atoms with Crippen LogP contribution in [0.25, 0.3) is 22.2 Å². The molecule has 1 aliphatic heterocycles. The van der Waals surface area contributed by atoms with Gasteiger partial charge in [-0.2, -0.15) is 5.26 Å². The number of hydrogen-bond acceptors (Lipinski definition) is 8. The van der Waals surface area contributed by atoms with E-state index in [1.807, 2.05) is 42.5 Å². The van der Waals surface area contributed by atoms with Gasteiger partial charge in [-0.05, 0) is 54.4 Å². The fourth-order valence-corrected chi connectivity index (χ4v) is 5.50. The number of pyridine rings is 1. The van der Waals surface area contributed by atoms with Crippen molar-refractivity contribution in [1.29, 1.82) is 5.26 Å². The van der Waals surface area contributed by atoms with Crippen LogP contribution in [0.5, 0.6) is 0 Å². The Labute approximate surface area is 239 Å². The molecule has 210 valence electrons. The van der Waals surface area contributed by atoms with Crippen molar-refractivity contribution in [3.63, 3.8) is 0 Å². The van der Waals surface area contributed by atoms with Crippen molar-refractivity contribution >= 4 is 44.1 Å². The zero-order valence-electron chi connectivity index (χ0n) is 23.1. The number of fused-ring (bicyclic) bond motifs is 1. The lowest BCUT2D eigenvalue weighted by atomic mass is 9.99. The molecular weight excluding hydrogens is 538 g/mol. The number of piperazine rings is 1. The molecule has 41 heavy (non-hydrogen) atoms. The van der Waals surface area contributed by atoms with Crippen LogP contribution in [0.1, 0.15) is 13.8 Å². The van der Waals surface area contributed by atoms with Gasteiger partial charge in [-0.15, -0.1) is 10.2 Å². The van der Waals surface area contributed by atoms with Gasteiger partial charge < -0.3 is 9.80 Å². The van der Waals surface area contributed by atoms with Crippen molar-refractivity contribution in [2.24, 2.45) is 10.9 Å². The van der Waals surface area contributed by atoms with Gasteiger partial charge in [-0.25, -0.2) is 13.4 Å². The fourth-order valence-electron chi connectivity index (χ4n) is 4.94. The molecule has 5 rings (SSSR count). The molecule has 0 amide bonds. The van der Waals surface area contributed by atoms with Gasteiger partial charge in [0.05, 0.1) is 29.2 Å². The summed E-state index contributed by atoms with van der Waals surface area (Å²) in [5.74, 6) is 1.54. The number of aromatic nitrogens is 3. The van der Waals surface area contributed by atoms with Crippen molar-refractivity contribution in [2.75, 3.05) is 35.5 Å². The van der Waals surface area contributed by atoms with Crippen molar-refractivity contribution in [1.82, 2.24) is 25.4 Å². The summed E-state index contributed by atoms with van der Waals surface area (Å²) in [6.07, 6.45) is 4.93. The van der Waals surface area contributed by atoms with Crippen LogP contribution in [-0.4, -0.2) is 66.4 Å². The molecule has 2 N–H and O–H groups in total. The number of nitriles is 1. The Hall–Kier alpha value is -4.76. The predicted octanol–water partition coefficient (Wildman–Crippen LogP) is 3.97. The Bertz CT molecular complexity index is 1690. The van der Waals surface area contributed by atoms with Gasteiger partial charge in [0.2, 0.25) is 16.0 Å². The van der Waals surface area contributed by atoms with E-state index >= 15 is 0 Å². The normalized spacial score (nSPS) is 16.1. The lowest BCUT2D eigenvalue weighted by molar-refractivity contribution is 0.220. The van der Waals surface area contributed by atoms with E-state index in [1.165, 1.54) is 0 Å². The van der Waals surface area contributed by atoms with E-state index in [0.717, 1.165) is 34.2 Å². The first-order valence-electron chi connectivity index (χ1n) is 13.2. The van der Waals surface area contributed by atoms with E-state index in [4.69, 9.17) is 4.99 Å². The number of nitrogens with one attached hydrogen (secondary N) is 2. The largest absolute Gasteiger partial charge is 0.351 e. The third-order valence-corrected chi connectivity index (χ3v) is 7.54. The van der Waals surface area contributed by atoms with Crippen molar-refractivity contribution in [3.8, 4) is 17.5 Å². The van der Waals surface area contributed by atoms with Crippen LogP contribution >= 0.6 is 0 Å². The monoisotopic (exact) mass is 569 g/mol. The first-order valence-corrected chi connectivity index (χ1v) is 15.1. The van der Waals surface area contributed by atoms with Gasteiger partial charge in [-0.1, -0.05) is 32.0 Å². The molecule has 1 fully saturated rings. The van der Waals surface area contributed by atoms with Crippen molar-refractivity contribution in [2.45, 2.75) is 19.9 Å². The Morgan fingerprint density at radius 1 is 1.05 bits per heavy atom. The summed E-state index contributed by atoms with van der Waals surface area (Å²) in [5, 5.41) is 22.2. The number of rotatable bonds is 6. The molecule has 0 radical (unpaired) electrons. The van der Waals surface area contributed by atoms with Gasteiger partial charge in [-0.3, -0.25) is 15.0 Å². The molecule has 1 unspecified atom stereocenters. The number of hydrogen-bond donors (Lipinski definition) is 2. The molecule has 12 heteroatoms. The number of nitrogens with zero attached hydrogens (tertiary/aromatic N) is 7. The van der Waals surface area contributed by atoms with E-state index in [9.17, 15) is 13.7 Å². The van der Waals surface area contributed by atoms with E-state index in [1.54, 1.807) is 30.5 Å². The Balaban J connectivity index is 1.35. The van der Waals surface area contributed by atoms with Crippen molar-refractivity contribution in [3.05, 3.63) is 72.9 Å². The number of anilines is 2. The maximum Gasteiger partial charge on any atom is 0.229 e. The third-order valence-electron chi connectivity index (χ3n) is 6.94. The minimum absolute atomic E-state index is 0.0628. The summed E-state index contributed by atoms with van der Waals surface area (Å²) < 4.78 is 25.4. The molecule has 11 nitrogen and oxygen atoms in total. The highest BCUT2D eigenvalue weighted by Gasteiger charge is 2.32. The van der Waals surface area contributed by atoms with E-state index < -0.39 is 10.0 Å². The second-order valence-electron chi connectivity index (χ2n) is 10.2. The number of aliphatic imine (C=N–C) groups is 1. The molecule has 2 aromatic carbocycles. The molecule has 0 bridgehead atoms. The molecule has 0 aliphatic carbocycles. The molecular formula is C29H31N9O2S. The first kappa shape index (κ1) is 27.8. The highest BCUT2D eigenvalue weighted by Crippen LogP contribution is 2.27. The second-order valence-corrected chi connectivity index (χ2v) is 11.9. The average Bonchev–Trinajstić information content (AvgIpc) is 2.96. The summed E-state index contributed by atoms with van der Waals surface area (Å²) in [6, 6.07) is 20.6. The van der Waals surface area contributed by atoms with Crippen LogP contribution in [0.2, 0.25) is 0 Å². The zero-order chi connectivity index (χ0) is 29.0. The summed E-state index contributed by atoms with van der Waals surface area (Å²) in [4.78, 5) is 13.7. The number of guanidine groups is 1. The lowest BCUT2D eigenvalue weighted by Crippen LogP contribution is -2.59. The molecule has 3 heterocycles. The molecule has 4 aromatic rings. The van der Waals surface area contributed by atoms with Gasteiger partial charge in [0.1, 0.15) is 0 Å². The second kappa shape index (κ2) is 11.8. The smallest absolute Gasteiger partial charge is 0.229 e. The van der Waals surface area contributed by atoms with Crippen LogP contribution in [-0.2, 0) is 10.0 Å². The summed E-state index contributed by atoms with van der Waals surface area (Å²) in [6.45, 7) is 6.30. The van der Waals surface area contributed by atoms with Crippen LogP contribution < -0.4 is 14.9 Å². The lowest BCUT2D eigenvalue weighted by Gasteiger charge is -2.44. The molecule has 1 aliphatic rings.